The maximum Gasteiger partial charge on any atom is 0.216 e. The van der Waals surface area contributed by atoms with Gasteiger partial charge < -0.3 is 5.32 Å². The molecule has 1 unspecified atom stereocenters. The molecule has 1 aliphatic rings. The number of pyridine rings is 1. The monoisotopic (exact) mass is 194 g/mol. The van der Waals surface area contributed by atoms with Gasteiger partial charge in [0.25, 0.3) is 0 Å². The minimum Gasteiger partial charge on any atom is -0.315 e. The van der Waals surface area contributed by atoms with Crippen molar-refractivity contribution in [3.05, 3.63) is 29.8 Å². The van der Waals surface area contributed by atoms with Gasteiger partial charge in [-0.05, 0) is 6.07 Å². The van der Waals surface area contributed by atoms with E-state index in [1.807, 2.05) is 0 Å². The SMILES string of the molecule is O=C1CCNCC1c1cccnc1F. The van der Waals surface area contributed by atoms with Crippen LogP contribution in [-0.2, 0) is 4.79 Å². The van der Waals surface area contributed by atoms with E-state index >= 15 is 0 Å². The second kappa shape index (κ2) is 3.84. The molecule has 1 saturated heterocycles. The van der Waals surface area contributed by atoms with Gasteiger partial charge in [-0.1, -0.05) is 6.07 Å². The highest BCUT2D eigenvalue weighted by Crippen LogP contribution is 2.21. The summed E-state index contributed by atoms with van der Waals surface area (Å²) < 4.78 is 13.3. The number of Topliss-reactive ketones (excluding diaryl/α,β-unsaturated/α-hetero) is 1. The number of ketones is 1. The van der Waals surface area contributed by atoms with Crippen LogP contribution in [0.15, 0.2) is 18.3 Å². The third-order valence-corrected chi connectivity index (χ3v) is 2.45. The van der Waals surface area contributed by atoms with Crippen molar-refractivity contribution >= 4 is 5.78 Å². The van der Waals surface area contributed by atoms with Crippen LogP contribution < -0.4 is 5.32 Å². The van der Waals surface area contributed by atoms with E-state index in [4.69, 9.17) is 0 Å². The molecular formula is C10H11FN2O. The molecule has 14 heavy (non-hydrogen) atoms. The van der Waals surface area contributed by atoms with Crippen molar-refractivity contribution in [3.63, 3.8) is 0 Å². The first-order valence-corrected chi connectivity index (χ1v) is 4.63. The molecule has 1 aliphatic heterocycles. The van der Waals surface area contributed by atoms with E-state index in [-0.39, 0.29) is 11.7 Å². The van der Waals surface area contributed by atoms with Gasteiger partial charge in [0.1, 0.15) is 5.78 Å². The maximum atomic E-state index is 13.3. The van der Waals surface area contributed by atoms with Crippen LogP contribution >= 0.6 is 0 Å². The molecule has 0 amide bonds. The van der Waals surface area contributed by atoms with Crippen LogP contribution in [0.2, 0.25) is 0 Å². The van der Waals surface area contributed by atoms with Crippen LogP contribution in [0.4, 0.5) is 4.39 Å². The van der Waals surface area contributed by atoms with Crippen LogP contribution in [0.1, 0.15) is 17.9 Å². The highest BCUT2D eigenvalue weighted by molar-refractivity contribution is 5.86. The Balaban J connectivity index is 2.29. The number of halogens is 1. The van der Waals surface area contributed by atoms with E-state index in [9.17, 15) is 9.18 Å². The molecule has 0 aromatic carbocycles. The molecule has 4 heteroatoms. The molecule has 0 spiro atoms. The topological polar surface area (TPSA) is 42.0 Å². The number of hydrogen-bond donors (Lipinski definition) is 1. The average Bonchev–Trinajstić information content (AvgIpc) is 2.20. The van der Waals surface area contributed by atoms with Crippen LogP contribution in [0.25, 0.3) is 0 Å². The average molecular weight is 194 g/mol. The van der Waals surface area contributed by atoms with E-state index in [1.54, 1.807) is 12.1 Å². The van der Waals surface area contributed by atoms with E-state index in [0.29, 0.717) is 25.1 Å². The molecule has 0 saturated carbocycles. The Kier molecular flexibility index (Phi) is 2.54. The summed E-state index contributed by atoms with van der Waals surface area (Å²) in [5.41, 5.74) is 0.407. The number of piperidine rings is 1. The van der Waals surface area contributed by atoms with Crippen LogP contribution in [0.5, 0.6) is 0 Å². The maximum absolute atomic E-state index is 13.3. The van der Waals surface area contributed by atoms with Crippen molar-refractivity contribution in [1.29, 1.82) is 0 Å². The van der Waals surface area contributed by atoms with Crippen molar-refractivity contribution < 1.29 is 9.18 Å². The third kappa shape index (κ3) is 1.65. The molecular weight excluding hydrogens is 183 g/mol. The van der Waals surface area contributed by atoms with Crippen molar-refractivity contribution in [1.82, 2.24) is 10.3 Å². The highest BCUT2D eigenvalue weighted by Gasteiger charge is 2.26. The zero-order chi connectivity index (χ0) is 9.97. The van der Waals surface area contributed by atoms with Crippen LogP contribution in [-0.4, -0.2) is 23.9 Å². The van der Waals surface area contributed by atoms with Gasteiger partial charge in [-0.15, -0.1) is 0 Å². The first-order chi connectivity index (χ1) is 6.79. The minimum absolute atomic E-state index is 0.0932. The Bertz CT molecular complexity index is 354. The van der Waals surface area contributed by atoms with Gasteiger partial charge >= 0.3 is 0 Å². The van der Waals surface area contributed by atoms with E-state index in [2.05, 4.69) is 10.3 Å². The van der Waals surface area contributed by atoms with Gasteiger partial charge in [0, 0.05) is 31.3 Å². The molecule has 1 atom stereocenters. The van der Waals surface area contributed by atoms with Crippen molar-refractivity contribution in [2.24, 2.45) is 0 Å². The fraction of sp³-hybridized carbons (Fsp3) is 0.400. The lowest BCUT2D eigenvalue weighted by molar-refractivity contribution is -0.121. The summed E-state index contributed by atoms with van der Waals surface area (Å²) in [6.07, 6.45) is 1.86. The molecule has 1 fully saturated rings. The Hall–Kier alpha value is -1.29. The molecule has 74 valence electrons. The molecule has 2 rings (SSSR count). The highest BCUT2D eigenvalue weighted by atomic mass is 19.1. The Morgan fingerprint density at radius 3 is 3.14 bits per heavy atom. The quantitative estimate of drug-likeness (QED) is 0.674. The van der Waals surface area contributed by atoms with Crippen molar-refractivity contribution in [3.8, 4) is 0 Å². The third-order valence-electron chi connectivity index (χ3n) is 2.45. The Morgan fingerprint density at radius 2 is 2.43 bits per heavy atom. The molecule has 0 radical (unpaired) electrons. The summed E-state index contributed by atoms with van der Waals surface area (Å²) in [5.74, 6) is -0.803. The van der Waals surface area contributed by atoms with Gasteiger partial charge in [-0.3, -0.25) is 4.79 Å². The normalized spacial score (nSPS) is 22.4. The molecule has 0 aliphatic carbocycles. The Morgan fingerprint density at radius 1 is 1.57 bits per heavy atom. The predicted octanol–water partition coefficient (Wildman–Crippen LogP) is 0.867. The molecule has 1 aromatic heterocycles. The number of aromatic nitrogens is 1. The first kappa shape index (κ1) is 9.27. The van der Waals surface area contributed by atoms with E-state index in [0.717, 1.165) is 0 Å². The smallest absolute Gasteiger partial charge is 0.216 e. The number of nitrogens with one attached hydrogen (secondary N) is 1. The summed E-state index contributed by atoms with van der Waals surface area (Å²) >= 11 is 0. The number of rotatable bonds is 1. The van der Waals surface area contributed by atoms with Gasteiger partial charge in [-0.25, -0.2) is 4.98 Å². The number of carbonyl (C=O) groups excluding carboxylic acids is 1. The van der Waals surface area contributed by atoms with Crippen molar-refractivity contribution in [2.45, 2.75) is 12.3 Å². The minimum atomic E-state index is -0.533. The lowest BCUT2D eigenvalue weighted by Crippen LogP contribution is -2.35. The van der Waals surface area contributed by atoms with Crippen LogP contribution in [0.3, 0.4) is 0 Å². The van der Waals surface area contributed by atoms with Gasteiger partial charge in [0.2, 0.25) is 5.95 Å². The van der Waals surface area contributed by atoms with Crippen molar-refractivity contribution in [2.75, 3.05) is 13.1 Å². The van der Waals surface area contributed by atoms with E-state index in [1.165, 1.54) is 6.20 Å². The fourth-order valence-corrected chi connectivity index (χ4v) is 1.69. The second-order valence-corrected chi connectivity index (χ2v) is 3.36. The number of hydrogen-bond acceptors (Lipinski definition) is 3. The van der Waals surface area contributed by atoms with E-state index < -0.39 is 5.95 Å². The van der Waals surface area contributed by atoms with Gasteiger partial charge in [0.05, 0.1) is 5.92 Å². The first-order valence-electron chi connectivity index (χ1n) is 4.63. The largest absolute Gasteiger partial charge is 0.315 e. The Labute approximate surface area is 81.3 Å². The fourth-order valence-electron chi connectivity index (χ4n) is 1.69. The number of carbonyl (C=O) groups is 1. The summed E-state index contributed by atoms with van der Waals surface area (Å²) in [4.78, 5) is 15.1. The predicted molar refractivity (Wildman–Crippen MR) is 49.4 cm³/mol. The standard InChI is InChI=1S/C10H11FN2O/c11-10-7(2-1-4-13-10)8-6-12-5-3-9(8)14/h1-2,4,8,12H,3,5-6H2. The summed E-state index contributed by atoms with van der Waals surface area (Å²) in [6, 6.07) is 3.28. The molecule has 1 N–H and O–H groups in total. The summed E-state index contributed by atoms with van der Waals surface area (Å²) in [7, 11) is 0. The zero-order valence-electron chi connectivity index (χ0n) is 7.66. The molecule has 3 nitrogen and oxygen atoms in total. The molecule has 0 bridgehead atoms. The summed E-state index contributed by atoms with van der Waals surface area (Å²) in [5, 5.41) is 3.08. The number of nitrogens with zero attached hydrogens (tertiary/aromatic N) is 1. The lowest BCUT2D eigenvalue weighted by Gasteiger charge is -2.21. The second-order valence-electron chi connectivity index (χ2n) is 3.36. The van der Waals surface area contributed by atoms with Gasteiger partial charge in [0.15, 0.2) is 0 Å². The summed E-state index contributed by atoms with van der Waals surface area (Å²) in [6.45, 7) is 1.21. The molecule has 1 aromatic rings. The van der Waals surface area contributed by atoms with Crippen LogP contribution in [0, 0.1) is 5.95 Å². The van der Waals surface area contributed by atoms with Gasteiger partial charge in [-0.2, -0.15) is 4.39 Å². The zero-order valence-corrected chi connectivity index (χ0v) is 7.66. The lowest BCUT2D eigenvalue weighted by atomic mass is 9.91. The molecule has 2 heterocycles.